The molecule has 0 aliphatic rings. The molecular weight excluding hydrogens is 154 g/mol. The van der Waals surface area contributed by atoms with Crippen LogP contribution in [0, 0.1) is 0 Å². The van der Waals surface area contributed by atoms with Gasteiger partial charge in [-0.1, -0.05) is 0 Å². The third-order valence-electron chi connectivity index (χ3n) is 1.55. The van der Waals surface area contributed by atoms with E-state index in [4.69, 9.17) is 10.2 Å². The number of nitrogens with zero attached hydrogens (tertiary/aromatic N) is 2. The fourth-order valence-electron chi connectivity index (χ4n) is 0.896. The Morgan fingerprint density at radius 3 is 2.83 bits per heavy atom. The summed E-state index contributed by atoms with van der Waals surface area (Å²) in [5, 5.41) is 0. The second kappa shape index (κ2) is 4.11. The highest BCUT2D eigenvalue weighted by Gasteiger charge is 2.03. The minimum atomic E-state index is 0.655. The molecule has 0 aliphatic carbocycles. The van der Waals surface area contributed by atoms with Gasteiger partial charge in [0.2, 0.25) is 0 Å². The Labute approximate surface area is 72.4 Å². The first kappa shape index (κ1) is 9.06. The van der Waals surface area contributed by atoms with E-state index in [1.165, 1.54) is 0 Å². The number of rotatable bonds is 4. The molecule has 1 rings (SSSR count). The number of hydrogen-bond donors (Lipinski definition) is 1. The van der Waals surface area contributed by atoms with Gasteiger partial charge in [0.15, 0.2) is 0 Å². The van der Waals surface area contributed by atoms with Gasteiger partial charge in [0.05, 0.1) is 6.20 Å². The quantitative estimate of drug-likeness (QED) is 0.718. The lowest BCUT2D eigenvalue weighted by molar-refractivity contribution is 0.499. The molecule has 1 heterocycles. The smallest absolute Gasteiger partial charge is 0.296 e. The van der Waals surface area contributed by atoms with Gasteiger partial charge in [-0.3, -0.25) is 0 Å². The van der Waals surface area contributed by atoms with Crippen LogP contribution in [0.2, 0.25) is 0 Å². The van der Waals surface area contributed by atoms with Crippen molar-refractivity contribution in [2.75, 3.05) is 25.5 Å². The topological polar surface area (TPSA) is 55.3 Å². The molecule has 0 aliphatic heterocycles. The van der Waals surface area contributed by atoms with Crippen LogP contribution in [0.5, 0.6) is 0 Å². The van der Waals surface area contributed by atoms with Crippen LogP contribution >= 0.6 is 0 Å². The van der Waals surface area contributed by atoms with Crippen molar-refractivity contribution in [2.24, 2.45) is 5.73 Å². The maximum Gasteiger partial charge on any atom is 0.296 e. The molecule has 1 aromatic heterocycles. The molecular formula is C8H15N3O. The highest BCUT2D eigenvalue weighted by molar-refractivity contribution is 5.22. The Morgan fingerprint density at radius 2 is 2.33 bits per heavy atom. The molecule has 68 valence electrons. The molecule has 4 nitrogen and oxygen atoms in total. The van der Waals surface area contributed by atoms with Crippen molar-refractivity contribution in [3.63, 3.8) is 0 Å². The molecule has 0 atom stereocenters. The van der Waals surface area contributed by atoms with E-state index in [0.29, 0.717) is 12.6 Å². The lowest BCUT2D eigenvalue weighted by Gasteiger charge is -2.04. The average Bonchev–Trinajstić information content (AvgIpc) is 2.48. The largest absolute Gasteiger partial charge is 0.429 e. The highest BCUT2D eigenvalue weighted by Crippen LogP contribution is 2.12. The summed E-state index contributed by atoms with van der Waals surface area (Å²) < 4.78 is 5.41. The molecule has 0 unspecified atom stereocenters. The van der Waals surface area contributed by atoms with Crippen molar-refractivity contribution in [1.29, 1.82) is 0 Å². The minimum absolute atomic E-state index is 0.655. The van der Waals surface area contributed by atoms with E-state index in [9.17, 15) is 0 Å². The van der Waals surface area contributed by atoms with Crippen LogP contribution in [0.25, 0.3) is 0 Å². The zero-order valence-electron chi connectivity index (χ0n) is 7.58. The summed E-state index contributed by atoms with van der Waals surface area (Å²) in [6.07, 6.45) is 3.57. The Bertz CT molecular complexity index is 232. The van der Waals surface area contributed by atoms with Gasteiger partial charge < -0.3 is 15.1 Å². The van der Waals surface area contributed by atoms with Crippen LogP contribution in [0.15, 0.2) is 10.6 Å². The predicted molar refractivity (Wildman–Crippen MR) is 48.2 cm³/mol. The number of oxazole rings is 1. The van der Waals surface area contributed by atoms with Crippen LogP contribution in [0.4, 0.5) is 6.01 Å². The monoisotopic (exact) mass is 169 g/mol. The third kappa shape index (κ3) is 2.23. The van der Waals surface area contributed by atoms with Gasteiger partial charge in [0.25, 0.3) is 6.01 Å². The molecule has 0 radical (unpaired) electrons. The first-order chi connectivity index (χ1) is 5.74. The van der Waals surface area contributed by atoms with Crippen molar-refractivity contribution in [3.8, 4) is 0 Å². The van der Waals surface area contributed by atoms with E-state index in [1.807, 2.05) is 19.0 Å². The van der Waals surface area contributed by atoms with Gasteiger partial charge in [0, 0.05) is 20.5 Å². The molecule has 0 aromatic carbocycles. The molecule has 12 heavy (non-hydrogen) atoms. The Morgan fingerprint density at radius 1 is 1.58 bits per heavy atom. The van der Waals surface area contributed by atoms with E-state index in [2.05, 4.69) is 4.98 Å². The lowest BCUT2D eigenvalue weighted by Crippen LogP contribution is -2.08. The average molecular weight is 169 g/mol. The summed E-state index contributed by atoms with van der Waals surface area (Å²) in [6.45, 7) is 0.692. The summed E-state index contributed by atoms with van der Waals surface area (Å²) >= 11 is 0. The van der Waals surface area contributed by atoms with Crippen molar-refractivity contribution in [1.82, 2.24) is 4.98 Å². The first-order valence-electron chi connectivity index (χ1n) is 4.06. The zero-order chi connectivity index (χ0) is 8.97. The molecule has 0 saturated heterocycles. The normalized spacial score (nSPS) is 10.2. The van der Waals surface area contributed by atoms with Gasteiger partial charge in [-0.05, 0) is 13.0 Å². The van der Waals surface area contributed by atoms with E-state index in [-0.39, 0.29) is 0 Å². The SMILES string of the molecule is CN(C)c1ncc(CCCN)o1. The van der Waals surface area contributed by atoms with Crippen molar-refractivity contribution in [2.45, 2.75) is 12.8 Å². The minimum Gasteiger partial charge on any atom is -0.429 e. The second-order valence-electron chi connectivity index (χ2n) is 2.90. The molecule has 1 aromatic rings. The van der Waals surface area contributed by atoms with E-state index >= 15 is 0 Å². The lowest BCUT2D eigenvalue weighted by atomic mass is 10.3. The Balaban J connectivity index is 2.52. The number of hydrogen-bond acceptors (Lipinski definition) is 4. The Hall–Kier alpha value is -1.03. The maximum absolute atomic E-state index is 5.41. The standard InChI is InChI=1S/C8H15N3O/c1-11(2)8-10-6-7(12-8)4-3-5-9/h6H,3-5,9H2,1-2H3. The molecule has 4 heteroatoms. The van der Waals surface area contributed by atoms with Crippen LogP contribution in [0.3, 0.4) is 0 Å². The van der Waals surface area contributed by atoms with Crippen molar-refractivity contribution in [3.05, 3.63) is 12.0 Å². The number of anilines is 1. The third-order valence-corrected chi connectivity index (χ3v) is 1.55. The summed E-state index contributed by atoms with van der Waals surface area (Å²) in [5.41, 5.74) is 5.37. The highest BCUT2D eigenvalue weighted by atomic mass is 16.4. The summed E-state index contributed by atoms with van der Waals surface area (Å²) in [6, 6.07) is 0.655. The predicted octanol–water partition coefficient (Wildman–Crippen LogP) is 0.632. The van der Waals surface area contributed by atoms with Crippen molar-refractivity contribution < 1.29 is 4.42 Å². The fraction of sp³-hybridized carbons (Fsp3) is 0.625. The van der Waals surface area contributed by atoms with E-state index < -0.39 is 0 Å². The van der Waals surface area contributed by atoms with Gasteiger partial charge in [0.1, 0.15) is 5.76 Å². The van der Waals surface area contributed by atoms with Crippen LogP contribution < -0.4 is 10.6 Å². The number of aryl methyl sites for hydroxylation is 1. The second-order valence-corrected chi connectivity index (χ2v) is 2.90. The summed E-state index contributed by atoms with van der Waals surface area (Å²) in [4.78, 5) is 5.93. The van der Waals surface area contributed by atoms with E-state index in [0.717, 1.165) is 18.6 Å². The molecule has 0 bridgehead atoms. The fourth-order valence-corrected chi connectivity index (χ4v) is 0.896. The van der Waals surface area contributed by atoms with Gasteiger partial charge in [-0.25, -0.2) is 4.98 Å². The van der Waals surface area contributed by atoms with Crippen LogP contribution in [-0.4, -0.2) is 25.6 Å². The van der Waals surface area contributed by atoms with Gasteiger partial charge in [-0.2, -0.15) is 0 Å². The molecule has 0 spiro atoms. The molecule has 0 saturated carbocycles. The van der Waals surface area contributed by atoms with Gasteiger partial charge in [-0.15, -0.1) is 0 Å². The van der Waals surface area contributed by atoms with Crippen LogP contribution in [0.1, 0.15) is 12.2 Å². The zero-order valence-corrected chi connectivity index (χ0v) is 7.58. The van der Waals surface area contributed by atoms with E-state index in [1.54, 1.807) is 6.20 Å². The van der Waals surface area contributed by atoms with Crippen LogP contribution in [-0.2, 0) is 6.42 Å². The summed E-state index contributed by atoms with van der Waals surface area (Å²) in [7, 11) is 3.80. The Kier molecular flexibility index (Phi) is 3.10. The molecule has 2 N–H and O–H groups in total. The molecule has 0 amide bonds. The van der Waals surface area contributed by atoms with Gasteiger partial charge >= 0.3 is 0 Å². The van der Waals surface area contributed by atoms with Crippen molar-refractivity contribution >= 4 is 6.01 Å². The summed E-state index contributed by atoms with van der Waals surface area (Å²) in [5.74, 6) is 0.907. The number of aromatic nitrogens is 1. The maximum atomic E-state index is 5.41. The molecule has 0 fully saturated rings. The number of nitrogens with two attached hydrogens (primary N) is 1. The first-order valence-corrected chi connectivity index (χ1v) is 4.06.